The summed E-state index contributed by atoms with van der Waals surface area (Å²) >= 11 is 5.83. The highest BCUT2D eigenvalue weighted by atomic mass is 127. The third-order valence-corrected chi connectivity index (χ3v) is 9.29. The van der Waals surface area contributed by atoms with Gasteiger partial charge in [0, 0.05) is 18.7 Å². The van der Waals surface area contributed by atoms with Gasteiger partial charge in [-0.05, 0) is 122 Å². The van der Waals surface area contributed by atoms with Crippen LogP contribution in [-0.4, -0.2) is 48.8 Å². The van der Waals surface area contributed by atoms with Gasteiger partial charge in [-0.1, -0.05) is 11.3 Å². The zero-order valence-corrected chi connectivity index (χ0v) is 29.2. The van der Waals surface area contributed by atoms with Gasteiger partial charge in [0.15, 0.2) is 4.80 Å². The summed E-state index contributed by atoms with van der Waals surface area (Å²) in [5.41, 5.74) is 2.32. The summed E-state index contributed by atoms with van der Waals surface area (Å²) in [6.07, 6.45) is 1.93. The van der Waals surface area contributed by atoms with Gasteiger partial charge in [-0.3, -0.25) is 14.2 Å². The number of benzene rings is 2. The lowest BCUT2D eigenvalue weighted by atomic mass is 9.93. The van der Waals surface area contributed by atoms with E-state index < -0.39 is 6.04 Å². The van der Waals surface area contributed by atoms with Gasteiger partial charge in [0.1, 0.15) is 23.3 Å². The van der Waals surface area contributed by atoms with Crippen molar-refractivity contribution in [1.29, 1.82) is 0 Å². The van der Waals surface area contributed by atoms with E-state index in [1.807, 2.05) is 58.9 Å². The topological polar surface area (TPSA) is 82.4 Å². The van der Waals surface area contributed by atoms with E-state index in [2.05, 4.69) is 45.2 Å². The Morgan fingerprint density at radius 3 is 2.34 bits per heavy atom. The van der Waals surface area contributed by atoms with Crippen LogP contribution in [0, 0.1) is 7.14 Å². The summed E-state index contributed by atoms with van der Waals surface area (Å²) in [5.74, 6) is 1.82. The average Bonchev–Trinajstić information content (AvgIpc) is 3.23. The van der Waals surface area contributed by atoms with Gasteiger partial charge in [0.25, 0.3) is 11.5 Å². The van der Waals surface area contributed by atoms with Crippen LogP contribution >= 0.6 is 56.5 Å². The molecule has 3 aromatic rings. The Kier molecular flexibility index (Phi) is 10.2. The minimum atomic E-state index is -0.742. The van der Waals surface area contributed by atoms with Crippen LogP contribution in [0.3, 0.4) is 0 Å². The molecule has 0 spiro atoms. The van der Waals surface area contributed by atoms with Crippen molar-refractivity contribution in [3.05, 3.63) is 79.6 Å². The first kappa shape index (κ1) is 31.5. The first-order chi connectivity index (χ1) is 19.5. The molecule has 1 aromatic heterocycles. The van der Waals surface area contributed by atoms with Crippen LogP contribution in [0.5, 0.6) is 17.2 Å². The predicted octanol–water partition coefficient (Wildman–Crippen LogP) is 5.12. The number of fused-ring (bicyclic) bond motifs is 1. The lowest BCUT2D eigenvalue weighted by Gasteiger charge is -2.30. The number of aromatic nitrogens is 1. The number of carbonyl (C=O) groups excluding carboxylic acids is 1. The van der Waals surface area contributed by atoms with E-state index in [1.165, 1.54) is 11.3 Å². The molecule has 41 heavy (non-hydrogen) atoms. The summed E-state index contributed by atoms with van der Waals surface area (Å²) in [6, 6.07) is 8.68. The zero-order chi connectivity index (χ0) is 30.0. The summed E-state index contributed by atoms with van der Waals surface area (Å²) in [5, 5.41) is 0. The summed E-state index contributed by atoms with van der Waals surface area (Å²) in [7, 11) is 3.16. The van der Waals surface area contributed by atoms with Gasteiger partial charge >= 0.3 is 0 Å². The van der Waals surface area contributed by atoms with Gasteiger partial charge < -0.3 is 19.1 Å². The Labute approximate surface area is 271 Å². The van der Waals surface area contributed by atoms with E-state index in [4.69, 9.17) is 19.2 Å². The normalized spacial score (nSPS) is 15.1. The highest BCUT2D eigenvalue weighted by Gasteiger charge is 2.36. The van der Waals surface area contributed by atoms with Crippen molar-refractivity contribution in [1.82, 2.24) is 9.47 Å². The molecule has 0 bridgehead atoms. The lowest BCUT2D eigenvalue weighted by Crippen LogP contribution is -2.43. The van der Waals surface area contributed by atoms with Crippen molar-refractivity contribution in [2.45, 2.75) is 46.8 Å². The monoisotopic (exact) mass is 801 g/mol. The molecule has 11 heteroatoms. The third kappa shape index (κ3) is 6.36. The molecule has 1 aliphatic rings. The second-order valence-corrected chi connectivity index (χ2v) is 13.0. The molecule has 0 saturated carbocycles. The molecule has 0 radical (unpaired) electrons. The maximum atomic E-state index is 14.2. The number of nitrogens with zero attached hydrogens (tertiary/aromatic N) is 3. The Bertz CT molecular complexity index is 1670. The number of methoxy groups -OCH3 is 2. The SMILES string of the molecule is CCN(CC)C(=O)C1=C(C)N=c2s/c(=C/c3cc(I)c(OC(C)C)c(I)c3)c(=O)n2[C@@H]1c1cc(OC)ccc1OC. The second kappa shape index (κ2) is 13.3. The molecule has 0 N–H and O–H groups in total. The summed E-state index contributed by atoms with van der Waals surface area (Å²) in [6.45, 7) is 10.8. The number of allylic oxidation sites excluding steroid dienone is 1. The molecule has 1 atom stereocenters. The van der Waals surface area contributed by atoms with Crippen molar-refractivity contribution in [3.63, 3.8) is 0 Å². The first-order valence-electron chi connectivity index (χ1n) is 13.2. The van der Waals surface area contributed by atoms with Gasteiger partial charge in [-0.15, -0.1) is 0 Å². The number of hydrogen-bond acceptors (Lipinski definition) is 7. The first-order valence-corrected chi connectivity index (χ1v) is 16.2. The molecule has 1 aliphatic heterocycles. The number of hydrogen-bond donors (Lipinski definition) is 0. The van der Waals surface area contributed by atoms with Crippen LogP contribution in [0.4, 0.5) is 0 Å². The standard InChI is InChI=1S/C30H33I2N3O5S/c1-8-34(9-2)29(37)25-17(5)33-30-35(26(25)20-15-19(38-6)10-11-23(20)39-7)28(36)24(41-30)14-18-12-21(31)27(22(32)13-18)40-16(3)4/h10-16,26H,8-9H2,1-7H3/b24-14+/t26-/m1/s1. The third-order valence-electron chi connectivity index (χ3n) is 6.71. The van der Waals surface area contributed by atoms with Crippen molar-refractivity contribution in [2.24, 2.45) is 4.99 Å². The fourth-order valence-electron chi connectivity index (χ4n) is 4.79. The Hall–Kier alpha value is -2.39. The molecule has 1 amide bonds. The van der Waals surface area contributed by atoms with Crippen LogP contribution in [0.1, 0.15) is 51.8 Å². The van der Waals surface area contributed by atoms with Gasteiger partial charge in [0.05, 0.1) is 43.3 Å². The second-order valence-electron chi connectivity index (χ2n) is 9.65. The molecule has 218 valence electrons. The number of rotatable bonds is 9. The quantitative estimate of drug-likeness (QED) is 0.281. The number of carbonyl (C=O) groups is 1. The average molecular weight is 801 g/mol. The number of amides is 1. The fraction of sp³-hybridized carbons (Fsp3) is 0.367. The number of likely N-dealkylation sites (N-methyl/N-ethyl adjacent to an activating group) is 1. The molecular formula is C30H33I2N3O5S. The Morgan fingerprint density at radius 1 is 1.12 bits per heavy atom. The molecular weight excluding hydrogens is 768 g/mol. The van der Waals surface area contributed by atoms with E-state index in [9.17, 15) is 9.59 Å². The molecule has 8 nitrogen and oxygen atoms in total. The molecule has 4 rings (SSSR count). The van der Waals surface area contributed by atoms with Gasteiger partial charge in [0.2, 0.25) is 0 Å². The van der Waals surface area contributed by atoms with Crippen LogP contribution in [0.25, 0.3) is 6.08 Å². The summed E-state index contributed by atoms with van der Waals surface area (Å²) in [4.78, 5) is 35.1. The molecule has 0 saturated heterocycles. The molecule has 2 heterocycles. The van der Waals surface area contributed by atoms with E-state index in [-0.39, 0.29) is 17.6 Å². The number of halogens is 2. The van der Waals surface area contributed by atoms with E-state index in [1.54, 1.807) is 35.8 Å². The highest BCUT2D eigenvalue weighted by molar-refractivity contribution is 14.1. The smallest absolute Gasteiger partial charge is 0.271 e. The zero-order valence-electron chi connectivity index (χ0n) is 24.1. The molecule has 0 aliphatic carbocycles. The van der Waals surface area contributed by atoms with Crippen molar-refractivity contribution < 1.29 is 19.0 Å². The largest absolute Gasteiger partial charge is 0.497 e. The van der Waals surface area contributed by atoms with E-state index in [0.717, 1.165) is 18.5 Å². The molecule has 0 fully saturated rings. The Balaban J connectivity index is 1.98. The summed E-state index contributed by atoms with van der Waals surface area (Å²) < 4.78 is 21.3. The molecule has 2 aromatic carbocycles. The predicted molar refractivity (Wildman–Crippen MR) is 179 cm³/mol. The maximum Gasteiger partial charge on any atom is 0.271 e. The number of thiazole rings is 1. The minimum absolute atomic E-state index is 0.0525. The van der Waals surface area contributed by atoms with Crippen molar-refractivity contribution >= 4 is 68.5 Å². The van der Waals surface area contributed by atoms with Crippen molar-refractivity contribution in [3.8, 4) is 17.2 Å². The number of ether oxygens (including phenoxy) is 3. The molecule has 0 unspecified atom stereocenters. The minimum Gasteiger partial charge on any atom is -0.497 e. The van der Waals surface area contributed by atoms with Crippen LogP contribution in [-0.2, 0) is 4.79 Å². The van der Waals surface area contributed by atoms with Crippen LogP contribution in [0.15, 0.2) is 51.4 Å². The van der Waals surface area contributed by atoms with E-state index in [0.29, 0.717) is 50.8 Å². The highest BCUT2D eigenvalue weighted by Crippen LogP contribution is 2.38. The van der Waals surface area contributed by atoms with Gasteiger partial charge in [-0.25, -0.2) is 4.99 Å². The maximum absolute atomic E-state index is 14.2. The van der Waals surface area contributed by atoms with Crippen LogP contribution < -0.4 is 29.1 Å². The van der Waals surface area contributed by atoms with Crippen molar-refractivity contribution in [2.75, 3.05) is 27.3 Å². The van der Waals surface area contributed by atoms with Crippen LogP contribution in [0.2, 0.25) is 0 Å². The van der Waals surface area contributed by atoms with E-state index >= 15 is 0 Å². The Morgan fingerprint density at radius 2 is 1.78 bits per heavy atom. The van der Waals surface area contributed by atoms with Gasteiger partial charge in [-0.2, -0.15) is 0 Å². The fourth-order valence-corrected chi connectivity index (χ4v) is 7.90. The lowest BCUT2D eigenvalue weighted by molar-refractivity contribution is -0.127.